The molecule has 0 saturated carbocycles. The van der Waals surface area contributed by atoms with Gasteiger partial charge in [-0.2, -0.15) is 0 Å². The van der Waals surface area contributed by atoms with E-state index in [4.69, 9.17) is 0 Å². The predicted molar refractivity (Wildman–Crippen MR) is 52.7 cm³/mol. The first-order chi connectivity index (χ1) is 6.52. The normalized spacial score (nSPS) is 21.9. The lowest BCUT2D eigenvalue weighted by Crippen LogP contribution is -2.57. The van der Waals surface area contributed by atoms with Crippen LogP contribution in [0.25, 0.3) is 0 Å². The van der Waals surface area contributed by atoms with Crippen LogP contribution in [0.15, 0.2) is 0 Å². The second-order valence-corrected chi connectivity index (χ2v) is 3.70. The Labute approximate surface area is 84.0 Å². The Morgan fingerprint density at radius 2 is 2.07 bits per heavy atom. The van der Waals surface area contributed by atoms with Gasteiger partial charge in [-0.3, -0.25) is 9.59 Å². The molecule has 0 aromatic carbocycles. The van der Waals surface area contributed by atoms with Gasteiger partial charge in [0, 0.05) is 40.7 Å². The van der Waals surface area contributed by atoms with E-state index < -0.39 is 0 Å². The Kier molecular flexibility index (Phi) is 3.46. The van der Waals surface area contributed by atoms with Gasteiger partial charge in [0.15, 0.2) is 0 Å². The maximum Gasteiger partial charge on any atom is 0.241 e. The van der Waals surface area contributed by atoms with E-state index in [9.17, 15) is 9.59 Å². The average Bonchev–Trinajstić information content (AvgIpc) is 2.16. The minimum Gasteiger partial charge on any atom is -0.347 e. The van der Waals surface area contributed by atoms with Crippen molar-refractivity contribution in [1.29, 1.82) is 0 Å². The van der Waals surface area contributed by atoms with Gasteiger partial charge in [-0.05, 0) is 0 Å². The number of hydrogen-bond donors (Lipinski definition) is 1. The van der Waals surface area contributed by atoms with E-state index >= 15 is 0 Å². The van der Waals surface area contributed by atoms with Gasteiger partial charge < -0.3 is 15.1 Å². The first-order valence-electron chi connectivity index (χ1n) is 4.72. The van der Waals surface area contributed by atoms with Crippen LogP contribution in [0.2, 0.25) is 0 Å². The van der Waals surface area contributed by atoms with Gasteiger partial charge in [-0.15, -0.1) is 0 Å². The average molecular weight is 199 g/mol. The number of hydrogen-bond acceptors (Lipinski definition) is 3. The Bertz CT molecular complexity index is 240. The fraction of sp³-hybridized carbons (Fsp3) is 0.778. The summed E-state index contributed by atoms with van der Waals surface area (Å²) in [5, 5.41) is 3.10. The molecule has 0 aromatic rings. The molecule has 5 nitrogen and oxygen atoms in total. The third kappa shape index (κ3) is 2.45. The van der Waals surface area contributed by atoms with E-state index in [1.807, 2.05) is 0 Å². The Morgan fingerprint density at radius 1 is 1.43 bits per heavy atom. The van der Waals surface area contributed by atoms with Gasteiger partial charge in [0.05, 0.1) is 0 Å². The van der Waals surface area contributed by atoms with Crippen molar-refractivity contribution in [2.24, 2.45) is 0 Å². The van der Waals surface area contributed by atoms with Crippen LogP contribution in [0, 0.1) is 0 Å². The van der Waals surface area contributed by atoms with Crippen molar-refractivity contribution in [3.05, 3.63) is 0 Å². The molecule has 2 amide bonds. The zero-order chi connectivity index (χ0) is 10.7. The van der Waals surface area contributed by atoms with E-state index in [2.05, 4.69) is 5.32 Å². The second-order valence-electron chi connectivity index (χ2n) is 3.70. The number of carbonyl (C=O) groups excluding carboxylic acids is 2. The Balaban J connectivity index is 2.56. The Hall–Kier alpha value is -1.10. The molecule has 1 heterocycles. The number of likely N-dealkylation sites (N-methyl/N-ethyl adjacent to an activating group) is 1. The fourth-order valence-electron chi connectivity index (χ4n) is 1.51. The van der Waals surface area contributed by atoms with Crippen LogP contribution >= 0.6 is 0 Å². The molecule has 1 N–H and O–H groups in total. The lowest BCUT2D eigenvalue weighted by molar-refractivity contribution is -0.135. The van der Waals surface area contributed by atoms with E-state index in [0.717, 1.165) is 0 Å². The topological polar surface area (TPSA) is 52.7 Å². The van der Waals surface area contributed by atoms with Crippen molar-refractivity contribution < 1.29 is 9.59 Å². The van der Waals surface area contributed by atoms with Crippen molar-refractivity contribution in [3.8, 4) is 0 Å². The maximum absolute atomic E-state index is 11.6. The molecule has 1 rings (SSSR count). The van der Waals surface area contributed by atoms with Gasteiger partial charge in [0.1, 0.15) is 6.04 Å². The third-order valence-corrected chi connectivity index (χ3v) is 2.36. The zero-order valence-electron chi connectivity index (χ0n) is 8.91. The molecular weight excluding hydrogens is 182 g/mol. The van der Waals surface area contributed by atoms with Gasteiger partial charge >= 0.3 is 0 Å². The number of nitrogens with zero attached hydrogens (tertiary/aromatic N) is 2. The van der Waals surface area contributed by atoms with Gasteiger partial charge in [0.2, 0.25) is 11.8 Å². The zero-order valence-corrected chi connectivity index (χ0v) is 8.91. The van der Waals surface area contributed by atoms with Gasteiger partial charge in [-0.1, -0.05) is 0 Å². The smallest absolute Gasteiger partial charge is 0.241 e. The van der Waals surface area contributed by atoms with E-state index in [1.54, 1.807) is 23.9 Å². The molecular formula is C9H17N3O2. The van der Waals surface area contributed by atoms with Crippen LogP contribution in [0.3, 0.4) is 0 Å². The van der Waals surface area contributed by atoms with Crippen molar-refractivity contribution in [2.45, 2.75) is 13.0 Å². The third-order valence-electron chi connectivity index (χ3n) is 2.36. The summed E-state index contributed by atoms with van der Waals surface area (Å²) in [6, 6.07) is -0.248. The highest BCUT2D eigenvalue weighted by atomic mass is 16.2. The maximum atomic E-state index is 11.6. The lowest BCUT2D eigenvalue weighted by Gasteiger charge is -2.33. The minimum absolute atomic E-state index is 0.0240. The molecule has 0 radical (unpaired) electrons. The van der Waals surface area contributed by atoms with Gasteiger partial charge in [0.25, 0.3) is 0 Å². The minimum atomic E-state index is -0.248. The number of rotatable bonds is 1. The monoisotopic (exact) mass is 199 g/mol. The summed E-state index contributed by atoms with van der Waals surface area (Å²) in [4.78, 5) is 25.9. The molecule has 1 aliphatic heterocycles. The van der Waals surface area contributed by atoms with Crippen LogP contribution in [0.4, 0.5) is 0 Å². The quantitative estimate of drug-likeness (QED) is 0.583. The number of piperazine rings is 1. The van der Waals surface area contributed by atoms with Crippen LogP contribution in [0.1, 0.15) is 6.92 Å². The summed E-state index contributed by atoms with van der Waals surface area (Å²) < 4.78 is 0. The summed E-state index contributed by atoms with van der Waals surface area (Å²) in [6.45, 7) is 3.38. The second kappa shape index (κ2) is 4.41. The van der Waals surface area contributed by atoms with Crippen LogP contribution in [0.5, 0.6) is 0 Å². The van der Waals surface area contributed by atoms with E-state index in [1.165, 1.54) is 6.92 Å². The summed E-state index contributed by atoms with van der Waals surface area (Å²) >= 11 is 0. The fourth-order valence-corrected chi connectivity index (χ4v) is 1.51. The van der Waals surface area contributed by atoms with Crippen molar-refractivity contribution >= 4 is 11.8 Å². The predicted octanol–water partition coefficient (Wildman–Crippen LogP) is -1.11. The van der Waals surface area contributed by atoms with Crippen LogP contribution in [-0.4, -0.2) is 61.4 Å². The molecule has 14 heavy (non-hydrogen) atoms. The molecule has 1 atom stereocenters. The highest BCUT2D eigenvalue weighted by Gasteiger charge is 2.27. The van der Waals surface area contributed by atoms with Crippen molar-refractivity contribution in [1.82, 2.24) is 15.1 Å². The molecule has 1 unspecified atom stereocenters. The molecule has 0 spiro atoms. The van der Waals surface area contributed by atoms with Gasteiger partial charge in [-0.25, -0.2) is 0 Å². The van der Waals surface area contributed by atoms with E-state index in [-0.39, 0.29) is 17.9 Å². The van der Waals surface area contributed by atoms with Crippen molar-refractivity contribution in [3.63, 3.8) is 0 Å². The largest absolute Gasteiger partial charge is 0.347 e. The first kappa shape index (κ1) is 11.0. The molecule has 0 aromatic heterocycles. The molecule has 80 valence electrons. The summed E-state index contributed by atoms with van der Waals surface area (Å²) in [7, 11) is 3.44. The highest BCUT2D eigenvalue weighted by Crippen LogP contribution is 2.01. The first-order valence-corrected chi connectivity index (χ1v) is 4.72. The van der Waals surface area contributed by atoms with Crippen molar-refractivity contribution in [2.75, 3.05) is 33.7 Å². The summed E-state index contributed by atoms with van der Waals surface area (Å²) in [6.07, 6.45) is 0. The van der Waals surface area contributed by atoms with E-state index in [0.29, 0.717) is 19.6 Å². The molecule has 0 aliphatic carbocycles. The molecule has 1 aliphatic rings. The highest BCUT2D eigenvalue weighted by molar-refractivity contribution is 5.83. The van der Waals surface area contributed by atoms with Crippen LogP contribution in [-0.2, 0) is 9.59 Å². The SMILES string of the molecule is CC(=O)N1CCNC(C(=O)N(C)C)C1. The molecule has 5 heteroatoms. The standard InChI is InChI=1S/C9H17N3O2/c1-7(13)12-5-4-10-8(6-12)9(14)11(2)3/h8,10H,4-6H2,1-3H3. The lowest BCUT2D eigenvalue weighted by atomic mass is 10.2. The van der Waals surface area contributed by atoms with Crippen LogP contribution < -0.4 is 5.32 Å². The summed E-state index contributed by atoms with van der Waals surface area (Å²) in [5.74, 6) is 0.0546. The number of carbonyl (C=O) groups is 2. The summed E-state index contributed by atoms with van der Waals surface area (Å²) in [5.41, 5.74) is 0. The Morgan fingerprint density at radius 3 is 2.57 bits per heavy atom. The molecule has 1 saturated heterocycles. The molecule has 1 fully saturated rings. The molecule has 0 bridgehead atoms. The number of amides is 2. The number of nitrogens with one attached hydrogen (secondary N) is 1.